The lowest BCUT2D eigenvalue weighted by Crippen LogP contribution is -2.41. The van der Waals surface area contributed by atoms with Gasteiger partial charge in [0.05, 0.1) is 0 Å². The maximum absolute atomic E-state index is 13.4. The van der Waals surface area contributed by atoms with Gasteiger partial charge in [-0.2, -0.15) is 0 Å². The second kappa shape index (κ2) is 5.65. The Morgan fingerprint density at radius 2 is 2.28 bits per heavy atom. The van der Waals surface area contributed by atoms with Crippen LogP contribution in [0.3, 0.4) is 0 Å². The van der Waals surface area contributed by atoms with Crippen LogP contribution in [0.15, 0.2) is 18.2 Å². The summed E-state index contributed by atoms with van der Waals surface area (Å²) in [6.45, 7) is 5.97. The monoisotopic (exact) mass is 266 g/mol. The molecule has 1 aliphatic heterocycles. The Balaban J connectivity index is 2.00. The summed E-state index contributed by atoms with van der Waals surface area (Å²) in [6.07, 6.45) is 2.43. The zero-order valence-electron chi connectivity index (χ0n) is 10.9. The molecule has 18 heavy (non-hydrogen) atoms. The molecule has 1 aromatic carbocycles. The van der Waals surface area contributed by atoms with Crippen LogP contribution in [0.25, 0.3) is 0 Å². The molecule has 0 amide bonds. The van der Waals surface area contributed by atoms with E-state index in [-0.39, 0.29) is 5.82 Å². The van der Waals surface area contributed by atoms with Gasteiger partial charge < -0.3 is 10.2 Å². The standard InChI is InChI=1S/C14H19FN2S/c1-10-4-3-7-17(9-10)14(18)16-12-6-5-11(2)13(15)8-12/h5-6,8,10H,3-4,7,9H2,1-2H3,(H,16,18)/t10-/m0/s1. The van der Waals surface area contributed by atoms with Crippen LogP contribution < -0.4 is 5.32 Å². The van der Waals surface area contributed by atoms with Gasteiger partial charge in [-0.05, 0) is 55.6 Å². The maximum atomic E-state index is 13.4. The lowest BCUT2D eigenvalue weighted by atomic mass is 10.0. The number of likely N-dealkylation sites (tertiary alicyclic amines) is 1. The van der Waals surface area contributed by atoms with Gasteiger partial charge in [0.1, 0.15) is 5.82 Å². The highest BCUT2D eigenvalue weighted by molar-refractivity contribution is 7.80. The minimum absolute atomic E-state index is 0.199. The van der Waals surface area contributed by atoms with Gasteiger partial charge in [0.15, 0.2) is 5.11 Å². The average Bonchev–Trinajstić information content (AvgIpc) is 2.34. The molecule has 98 valence electrons. The Morgan fingerprint density at radius 3 is 2.94 bits per heavy atom. The van der Waals surface area contributed by atoms with Crippen LogP contribution in [-0.2, 0) is 0 Å². The summed E-state index contributed by atoms with van der Waals surface area (Å²) in [7, 11) is 0. The molecule has 4 heteroatoms. The Kier molecular flexibility index (Phi) is 4.17. The van der Waals surface area contributed by atoms with Crippen LogP contribution in [0.4, 0.5) is 10.1 Å². The normalized spacial score (nSPS) is 19.7. The van der Waals surface area contributed by atoms with Crippen LogP contribution in [0.5, 0.6) is 0 Å². The zero-order valence-corrected chi connectivity index (χ0v) is 11.7. The van der Waals surface area contributed by atoms with Crippen molar-refractivity contribution in [2.24, 2.45) is 5.92 Å². The Bertz CT molecular complexity index is 447. The minimum Gasteiger partial charge on any atom is -0.349 e. The summed E-state index contributed by atoms with van der Waals surface area (Å²) in [4.78, 5) is 2.17. The molecule has 0 bridgehead atoms. The molecule has 0 aliphatic carbocycles. The van der Waals surface area contributed by atoms with E-state index in [9.17, 15) is 4.39 Å². The minimum atomic E-state index is -0.199. The van der Waals surface area contributed by atoms with Crippen molar-refractivity contribution in [2.75, 3.05) is 18.4 Å². The van der Waals surface area contributed by atoms with Crippen LogP contribution in [0, 0.1) is 18.7 Å². The summed E-state index contributed by atoms with van der Waals surface area (Å²) in [6, 6.07) is 5.12. The molecule has 0 spiro atoms. The third-order valence-corrected chi connectivity index (χ3v) is 3.73. The van der Waals surface area contributed by atoms with Crippen molar-refractivity contribution in [3.05, 3.63) is 29.6 Å². The van der Waals surface area contributed by atoms with E-state index in [2.05, 4.69) is 17.1 Å². The molecular formula is C14H19FN2S. The number of halogens is 1. The molecule has 0 radical (unpaired) electrons. The number of thiocarbonyl (C=S) groups is 1. The Hall–Kier alpha value is -1.16. The Morgan fingerprint density at radius 1 is 1.50 bits per heavy atom. The molecule has 1 atom stereocenters. The van der Waals surface area contributed by atoms with E-state index in [1.807, 2.05) is 6.07 Å². The number of rotatable bonds is 1. The SMILES string of the molecule is Cc1ccc(NC(=S)N2CCC[C@H](C)C2)cc1F. The summed E-state index contributed by atoms with van der Waals surface area (Å²) < 4.78 is 13.4. The first kappa shape index (κ1) is 13.3. The first-order valence-electron chi connectivity index (χ1n) is 6.38. The van der Waals surface area contributed by atoms with Crippen molar-refractivity contribution in [3.8, 4) is 0 Å². The van der Waals surface area contributed by atoms with Gasteiger partial charge in [-0.1, -0.05) is 13.0 Å². The molecule has 1 saturated heterocycles. The van der Waals surface area contributed by atoms with E-state index in [1.165, 1.54) is 18.9 Å². The van der Waals surface area contributed by atoms with E-state index in [1.54, 1.807) is 13.0 Å². The van der Waals surface area contributed by atoms with E-state index < -0.39 is 0 Å². The van der Waals surface area contributed by atoms with Gasteiger partial charge >= 0.3 is 0 Å². The van der Waals surface area contributed by atoms with Gasteiger partial charge in [-0.25, -0.2) is 4.39 Å². The van der Waals surface area contributed by atoms with Crippen molar-refractivity contribution < 1.29 is 4.39 Å². The number of aryl methyl sites for hydroxylation is 1. The first-order chi connectivity index (χ1) is 8.56. The van der Waals surface area contributed by atoms with Gasteiger partial charge in [0.25, 0.3) is 0 Å². The molecule has 2 nitrogen and oxygen atoms in total. The summed E-state index contributed by atoms with van der Waals surface area (Å²) in [5, 5.41) is 3.82. The number of anilines is 1. The highest BCUT2D eigenvalue weighted by Gasteiger charge is 2.18. The second-order valence-corrected chi connectivity index (χ2v) is 5.47. The number of nitrogens with zero attached hydrogens (tertiary/aromatic N) is 1. The highest BCUT2D eigenvalue weighted by atomic mass is 32.1. The summed E-state index contributed by atoms with van der Waals surface area (Å²) in [5.74, 6) is 0.475. The fourth-order valence-corrected chi connectivity index (χ4v) is 2.53. The molecule has 1 fully saturated rings. The fourth-order valence-electron chi connectivity index (χ4n) is 2.25. The molecule has 0 unspecified atom stereocenters. The Labute approximate surface area is 113 Å². The smallest absolute Gasteiger partial charge is 0.173 e. The molecule has 1 heterocycles. The predicted molar refractivity (Wildman–Crippen MR) is 77.3 cm³/mol. The van der Waals surface area contributed by atoms with Crippen molar-refractivity contribution in [2.45, 2.75) is 26.7 Å². The van der Waals surface area contributed by atoms with Gasteiger partial charge in [0, 0.05) is 18.8 Å². The maximum Gasteiger partial charge on any atom is 0.173 e. The third-order valence-electron chi connectivity index (χ3n) is 3.37. The molecule has 1 aliphatic rings. The zero-order chi connectivity index (χ0) is 13.1. The fraction of sp³-hybridized carbons (Fsp3) is 0.500. The van der Waals surface area contributed by atoms with E-state index in [0.29, 0.717) is 16.6 Å². The van der Waals surface area contributed by atoms with E-state index in [0.717, 1.165) is 18.8 Å². The topological polar surface area (TPSA) is 15.3 Å². The largest absolute Gasteiger partial charge is 0.349 e. The van der Waals surface area contributed by atoms with Crippen LogP contribution in [0.1, 0.15) is 25.3 Å². The number of hydrogen-bond acceptors (Lipinski definition) is 1. The van der Waals surface area contributed by atoms with Crippen molar-refractivity contribution >= 4 is 23.0 Å². The van der Waals surface area contributed by atoms with E-state index >= 15 is 0 Å². The number of hydrogen-bond donors (Lipinski definition) is 1. The van der Waals surface area contributed by atoms with Crippen LogP contribution in [-0.4, -0.2) is 23.1 Å². The lowest BCUT2D eigenvalue weighted by molar-refractivity contribution is 0.276. The molecule has 2 rings (SSSR count). The van der Waals surface area contributed by atoms with Crippen LogP contribution >= 0.6 is 12.2 Å². The quantitative estimate of drug-likeness (QED) is 0.782. The van der Waals surface area contributed by atoms with Gasteiger partial charge in [-0.3, -0.25) is 0 Å². The van der Waals surface area contributed by atoms with Crippen LogP contribution in [0.2, 0.25) is 0 Å². The molecule has 1 N–H and O–H groups in total. The summed E-state index contributed by atoms with van der Waals surface area (Å²) in [5.41, 5.74) is 1.37. The molecule has 0 saturated carbocycles. The number of nitrogens with one attached hydrogen (secondary N) is 1. The molecule has 0 aromatic heterocycles. The third kappa shape index (κ3) is 3.19. The molecule has 1 aromatic rings. The highest BCUT2D eigenvalue weighted by Crippen LogP contribution is 2.18. The van der Waals surface area contributed by atoms with Gasteiger partial charge in [0.2, 0.25) is 0 Å². The lowest BCUT2D eigenvalue weighted by Gasteiger charge is -2.33. The first-order valence-corrected chi connectivity index (χ1v) is 6.79. The van der Waals surface area contributed by atoms with Crippen molar-refractivity contribution in [1.82, 2.24) is 4.90 Å². The van der Waals surface area contributed by atoms with E-state index in [4.69, 9.17) is 12.2 Å². The van der Waals surface area contributed by atoms with Crippen molar-refractivity contribution in [1.29, 1.82) is 0 Å². The second-order valence-electron chi connectivity index (χ2n) is 5.09. The van der Waals surface area contributed by atoms with Crippen molar-refractivity contribution in [3.63, 3.8) is 0 Å². The number of piperidine rings is 1. The number of benzene rings is 1. The van der Waals surface area contributed by atoms with Gasteiger partial charge in [-0.15, -0.1) is 0 Å². The molecular weight excluding hydrogens is 247 g/mol. The predicted octanol–water partition coefficient (Wildman–Crippen LogP) is 3.56. The average molecular weight is 266 g/mol. The summed E-state index contributed by atoms with van der Waals surface area (Å²) >= 11 is 5.38.